The molecule has 1 saturated heterocycles. The third-order valence-electron chi connectivity index (χ3n) is 2.64. The van der Waals surface area contributed by atoms with Gasteiger partial charge in [-0.25, -0.2) is 0 Å². The van der Waals surface area contributed by atoms with Crippen LogP contribution in [-0.4, -0.2) is 47.8 Å². The summed E-state index contributed by atoms with van der Waals surface area (Å²) in [4.78, 5) is 26.8. The van der Waals surface area contributed by atoms with Gasteiger partial charge in [0, 0.05) is 26.2 Å². The summed E-state index contributed by atoms with van der Waals surface area (Å²) in [5.41, 5.74) is 0. The van der Waals surface area contributed by atoms with Gasteiger partial charge in [0.05, 0.1) is 0 Å². The van der Waals surface area contributed by atoms with Crippen molar-refractivity contribution >= 4 is 35.0 Å². The van der Waals surface area contributed by atoms with Crippen molar-refractivity contribution in [3.8, 4) is 0 Å². The van der Waals surface area contributed by atoms with Crippen LogP contribution in [0.3, 0.4) is 0 Å². The zero-order valence-electron chi connectivity index (χ0n) is 8.00. The molecule has 0 atom stereocenters. The molecule has 2 bridgehead atoms. The lowest BCUT2D eigenvalue weighted by molar-refractivity contribution is -0.130. The first-order chi connectivity index (χ1) is 7.11. The van der Waals surface area contributed by atoms with E-state index < -0.39 is 0 Å². The van der Waals surface area contributed by atoms with E-state index in [-0.39, 0.29) is 21.9 Å². The molecule has 6 heteroatoms. The molecule has 0 unspecified atom stereocenters. The van der Waals surface area contributed by atoms with Gasteiger partial charge in [-0.2, -0.15) is 0 Å². The second-order valence-corrected chi connectivity index (χ2v) is 4.32. The van der Waals surface area contributed by atoms with Crippen molar-refractivity contribution < 1.29 is 9.59 Å². The summed E-state index contributed by atoms with van der Waals surface area (Å²) in [6, 6.07) is 0. The molecule has 2 aliphatic heterocycles. The highest BCUT2D eigenvalue weighted by atomic mass is 35.5. The van der Waals surface area contributed by atoms with Gasteiger partial charge < -0.3 is 9.80 Å². The van der Waals surface area contributed by atoms with Gasteiger partial charge in [0.1, 0.15) is 10.1 Å². The fourth-order valence-electron chi connectivity index (χ4n) is 1.79. The first-order valence-corrected chi connectivity index (χ1v) is 5.50. The summed E-state index contributed by atoms with van der Waals surface area (Å²) in [7, 11) is 0. The second kappa shape index (κ2) is 4.02. The Kier molecular flexibility index (Phi) is 2.89. The maximum atomic E-state index is 11.7. The van der Waals surface area contributed by atoms with Gasteiger partial charge in [0.25, 0.3) is 11.8 Å². The lowest BCUT2D eigenvalue weighted by Crippen LogP contribution is -2.40. The molecule has 0 spiro atoms. The number of nitrogens with zero attached hydrogens (tertiary/aromatic N) is 2. The molecule has 15 heavy (non-hydrogen) atoms. The molecule has 0 aromatic rings. The standard InChI is InChI=1S/C9H10Cl2N2O2/c10-6-7(11)9(15)13-3-1-2-12(4-5-13)8(6)14/h1-5H2/b7-6-. The molecule has 0 aromatic carbocycles. The number of hydrogen-bond donors (Lipinski definition) is 0. The molecular formula is C9H10Cl2N2O2. The van der Waals surface area contributed by atoms with Crippen molar-refractivity contribution in [1.29, 1.82) is 0 Å². The van der Waals surface area contributed by atoms with Crippen molar-refractivity contribution in [2.75, 3.05) is 26.2 Å². The lowest BCUT2D eigenvalue weighted by atomic mass is 10.3. The Balaban J connectivity index is 2.44. The predicted octanol–water partition coefficient (Wildman–Crippen LogP) is 0.750. The Hall–Kier alpha value is -0.740. The van der Waals surface area contributed by atoms with Crippen LogP contribution in [0.15, 0.2) is 10.1 Å². The molecule has 2 aliphatic rings. The normalized spacial score (nSPS) is 27.9. The summed E-state index contributed by atoms with van der Waals surface area (Å²) in [6.45, 7) is 2.32. The molecule has 0 N–H and O–H groups in total. The van der Waals surface area contributed by atoms with E-state index in [0.29, 0.717) is 26.2 Å². The first kappa shape index (κ1) is 10.8. The zero-order chi connectivity index (χ0) is 11.0. The van der Waals surface area contributed by atoms with Crippen molar-refractivity contribution in [3.63, 3.8) is 0 Å². The molecule has 2 amide bonds. The number of carbonyl (C=O) groups is 2. The Labute approximate surface area is 97.4 Å². The molecule has 4 nitrogen and oxygen atoms in total. The lowest BCUT2D eigenvalue weighted by Gasteiger charge is -2.25. The van der Waals surface area contributed by atoms with Crippen LogP contribution in [0.25, 0.3) is 0 Å². The minimum absolute atomic E-state index is 0.159. The fraction of sp³-hybridized carbons (Fsp3) is 0.556. The van der Waals surface area contributed by atoms with Crippen molar-refractivity contribution in [2.24, 2.45) is 0 Å². The van der Waals surface area contributed by atoms with Crippen LogP contribution in [0.1, 0.15) is 6.42 Å². The van der Waals surface area contributed by atoms with E-state index in [1.165, 1.54) is 0 Å². The van der Waals surface area contributed by atoms with Gasteiger partial charge in [0.2, 0.25) is 0 Å². The van der Waals surface area contributed by atoms with E-state index in [4.69, 9.17) is 23.2 Å². The van der Waals surface area contributed by atoms with E-state index in [1.54, 1.807) is 9.80 Å². The Bertz CT molecular complexity index is 322. The largest absolute Gasteiger partial charge is 0.336 e. The van der Waals surface area contributed by atoms with Crippen LogP contribution in [0.2, 0.25) is 0 Å². The second-order valence-electron chi connectivity index (χ2n) is 3.57. The van der Waals surface area contributed by atoms with E-state index in [2.05, 4.69) is 0 Å². The van der Waals surface area contributed by atoms with Crippen molar-refractivity contribution in [1.82, 2.24) is 9.80 Å². The monoisotopic (exact) mass is 248 g/mol. The third-order valence-corrected chi connectivity index (χ3v) is 3.44. The third kappa shape index (κ3) is 1.84. The van der Waals surface area contributed by atoms with Crippen LogP contribution in [0, 0.1) is 0 Å². The number of halogens is 2. The molecule has 0 aliphatic carbocycles. The molecule has 2 rings (SSSR count). The van der Waals surface area contributed by atoms with Gasteiger partial charge in [-0.3, -0.25) is 9.59 Å². The SMILES string of the molecule is O=C1/C(Cl)=C(/Cl)C(=O)N2CCCN1CC2. The van der Waals surface area contributed by atoms with E-state index in [1.807, 2.05) is 0 Å². The number of carbonyl (C=O) groups excluding carboxylic acids is 2. The highest BCUT2D eigenvalue weighted by molar-refractivity contribution is 6.54. The Morgan fingerprint density at radius 1 is 0.800 bits per heavy atom. The first-order valence-electron chi connectivity index (χ1n) is 4.75. The van der Waals surface area contributed by atoms with Crippen LogP contribution >= 0.6 is 23.2 Å². The van der Waals surface area contributed by atoms with Crippen molar-refractivity contribution in [2.45, 2.75) is 6.42 Å². The summed E-state index contributed by atoms with van der Waals surface area (Å²) < 4.78 is 0. The summed E-state index contributed by atoms with van der Waals surface area (Å²) >= 11 is 11.5. The van der Waals surface area contributed by atoms with E-state index in [0.717, 1.165) is 6.42 Å². The van der Waals surface area contributed by atoms with Crippen LogP contribution in [-0.2, 0) is 9.59 Å². The average Bonchev–Trinajstić information content (AvgIpc) is 2.48. The molecular weight excluding hydrogens is 239 g/mol. The van der Waals surface area contributed by atoms with Gasteiger partial charge in [-0.05, 0) is 6.42 Å². The van der Waals surface area contributed by atoms with Gasteiger partial charge in [-0.1, -0.05) is 23.2 Å². The molecule has 82 valence electrons. The van der Waals surface area contributed by atoms with Crippen LogP contribution in [0.5, 0.6) is 0 Å². The maximum Gasteiger partial charge on any atom is 0.267 e. The predicted molar refractivity (Wildman–Crippen MR) is 56.5 cm³/mol. The van der Waals surface area contributed by atoms with Gasteiger partial charge in [0.15, 0.2) is 0 Å². The number of fused-ring (bicyclic) bond motifs is 3. The minimum Gasteiger partial charge on any atom is -0.336 e. The molecule has 0 radical (unpaired) electrons. The van der Waals surface area contributed by atoms with Crippen LogP contribution in [0.4, 0.5) is 0 Å². The maximum absolute atomic E-state index is 11.7. The molecule has 2 heterocycles. The molecule has 0 aromatic heterocycles. The number of rotatable bonds is 0. The van der Waals surface area contributed by atoms with Crippen molar-refractivity contribution in [3.05, 3.63) is 10.1 Å². The van der Waals surface area contributed by atoms with Gasteiger partial charge >= 0.3 is 0 Å². The number of amides is 2. The fourth-order valence-corrected chi connectivity index (χ4v) is 2.19. The van der Waals surface area contributed by atoms with E-state index >= 15 is 0 Å². The topological polar surface area (TPSA) is 40.6 Å². The summed E-state index contributed by atoms with van der Waals surface area (Å²) in [6.07, 6.45) is 0.770. The highest BCUT2D eigenvalue weighted by Gasteiger charge is 2.31. The molecule has 0 saturated carbocycles. The number of hydrogen-bond acceptors (Lipinski definition) is 2. The minimum atomic E-state index is -0.337. The summed E-state index contributed by atoms with van der Waals surface area (Å²) in [5.74, 6) is -0.673. The Morgan fingerprint density at radius 2 is 1.20 bits per heavy atom. The van der Waals surface area contributed by atoms with E-state index in [9.17, 15) is 9.59 Å². The van der Waals surface area contributed by atoms with Gasteiger partial charge in [-0.15, -0.1) is 0 Å². The smallest absolute Gasteiger partial charge is 0.267 e. The highest BCUT2D eigenvalue weighted by Crippen LogP contribution is 2.23. The van der Waals surface area contributed by atoms with Crippen LogP contribution < -0.4 is 0 Å². The molecule has 1 fully saturated rings. The quantitative estimate of drug-likeness (QED) is 0.635. The zero-order valence-corrected chi connectivity index (χ0v) is 9.51. The Morgan fingerprint density at radius 3 is 1.60 bits per heavy atom. The average molecular weight is 249 g/mol. The summed E-state index contributed by atoms with van der Waals surface area (Å²) in [5, 5.41) is -0.318.